The second-order valence-corrected chi connectivity index (χ2v) is 12.0. The standard InChI is InChI=1S/C36H44F2N4O5/c1-5-12-41(13-6-2)35(45)27-16-23(3)15-26(20-27)34(44)40-31(19-25-17-28(37)21-29(38)18-25)33(43)32-36(46)42(14-11-39-32)22-24-7-9-30(47-4)10-8-24/h7-10,15-18,20-21,31-33,39,43H,5-6,11-14,19,22H2,1-4H3,(H,40,44)/t31-,32-,33?/m0/s1. The van der Waals surface area contributed by atoms with E-state index in [1.165, 1.54) is 6.07 Å². The van der Waals surface area contributed by atoms with Gasteiger partial charge in [0.15, 0.2) is 0 Å². The van der Waals surface area contributed by atoms with Crippen LogP contribution in [0.1, 0.15) is 64.1 Å². The van der Waals surface area contributed by atoms with Gasteiger partial charge in [-0.25, -0.2) is 8.78 Å². The second-order valence-electron chi connectivity index (χ2n) is 12.0. The smallest absolute Gasteiger partial charge is 0.253 e. The molecule has 3 N–H and O–H groups in total. The third-order valence-electron chi connectivity index (χ3n) is 8.17. The molecule has 1 unspecified atom stereocenters. The van der Waals surface area contributed by atoms with Crippen molar-refractivity contribution in [2.75, 3.05) is 33.3 Å². The molecule has 3 aromatic carbocycles. The van der Waals surface area contributed by atoms with Crippen LogP contribution < -0.4 is 15.4 Å². The Balaban J connectivity index is 1.60. The second kappa shape index (κ2) is 16.5. The van der Waals surface area contributed by atoms with Gasteiger partial charge in [-0.15, -0.1) is 0 Å². The number of aliphatic hydroxyl groups excluding tert-OH is 1. The van der Waals surface area contributed by atoms with E-state index in [-0.39, 0.29) is 29.4 Å². The van der Waals surface area contributed by atoms with Crippen LogP contribution in [0.25, 0.3) is 0 Å². The number of ether oxygens (including phenoxy) is 1. The average molecular weight is 651 g/mol. The topological polar surface area (TPSA) is 111 Å². The molecule has 9 nitrogen and oxygen atoms in total. The van der Waals surface area contributed by atoms with E-state index in [0.717, 1.165) is 36.6 Å². The minimum atomic E-state index is -1.47. The molecule has 0 aromatic heterocycles. The quantitative estimate of drug-likeness (QED) is 0.241. The van der Waals surface area contributed by atoms with Crippen LogP contribution in [0.4, 0.5) is 8.78 Å². The normalized spacial score (nSPS) is 16.0. The van der Waals surface area contributed by atoms with Crippen molar-refractivity contribution < 1.29 is 33.0 Å². The predicted octanol–water partition coefficient (Wildman–Crippen LogP) is 4.25. The van der Waals surface area contributed by atoms with E-state index in [2.05, 4.69) is 10.6 Å². The Morgan fingerprint density at radius 2 is 1.64 bits per heavy atom. The lowest BCUT2D eigenvalue weighted by molar-refractivity contribution is -0.140. The van der Waals surface area contributed by atoms with E-state index in [0.29, 0.717) is 49.6 Å². The van der Waals surface area contributed by atoms with Gasteiger partial charge in [0.2, 0.25) is 5.91 Å². The molecule has 0 spiro atoms. The number of hydrogen-bond donors (Lipinski definition) is 3. The van der Waals surface area contributed by atoms with Crippen molar-refractivity contribution >= 4 is 17.7 Å². The van der Waals surface area contributed by atoms with Gasteiger partial charge in [0.1, 0.15) is 23.4 Å². The summed E-state index contributed by atoms with van der Waals surface area (Å²) in [6.07, 6.45) is -0.0520. The number of carbonyl (C=O) groups is 3. The fraction of sp³-hybridized carbons (Fsp3) is 0.417. The van der Waals surface area contributed by atoms with E-state index < -0.39 is 35.7 Å². The Morgan fingerprint density at radius 1 is 1.00 bits per heavy atom. The number of aryl methyl sites for hydroxylation is 1. The van der Waals surface area contributed by atoms with Crippen molar-refractivity contribution in [3.8, 4) is 5.75 Å². The third-order valence-corrected chi connectivity index (χ3v) is 8.17. The summed E-state index contributed by atoms with van der Waals surface area (Å²) in [5, 5.41) is 17.5. The Labute approximate surface area is 274 Å². The number of amides is 3. The molecule has 3 aromatic rings. The summed E-state index contributed by atoms with van der Waals surface area (Å²) in [7, 11) is 1.57. The molecule has 4 rings (SSSR count). The number of benzene rings is 3. The Morgan fingerprint density at radius 3 is 2.26 bits per heavy atom. The zero-order chi connectivity index (χ0) is 34.1. The lowest BCUT2D eigenvalue weighted by Crippen LogP contribution is -2.63. The van der Waals surface area contributed by atoms with E-state index >= 15 is 0 Å². The maximum atomic E-state index is 14.2. The monoisotopic (exact) mass is 650 g/mol. The molecular formula is C36H44F2N4O5. The maximum absolute atomic E-state index is 14.2. The molecule has 1 aliphatic heterocycles. The van der Waals surface area contributed by atoms with Crippen LogP contribution in [0.2, 0.25) is 0 Å². The molecule has 0 saturated carbocycles. The number of rotatable bonds is 14. The average Bonchev–Trinajstić information content (AvgIpc) is 3.04. The molecule has 1 fully saturated rings. The number of aliphatic hydroxyl groups is 1. The lowest BCUT2D eigenvalue weighted by Gasteiger charge is -2.38. The highest BCUT2D eigenvalue weighted by Gasteiger charge is 2.38. The van der Waals surface area contributed by atoms with Crippen molar-refractivity contribution in [1.82, 2.24) is 20.4 Å². The molecule has 0 bridgehead atoms. The van der Waals surface area contributed by atoms with E-state index in [1.54, 1.807) is 48.1 Å². The van der Waals surface area contributed by atoms with Crippen molar-refractivity contribution in [1.29, 1.82) is 0 Å². The lowest BCUT2D eigenvalue weighted by atomic mass is 9.93. The number of halogens is 2. The number of carbonyl (C=O) groups excluding carboxylic acids is 3. The number of hydrogen-bond acceptors (Lipinski definition) is 6. The van der Waals surface area contributed by atoms with Crippen LogP contribution >= 0.6 is 0 Å². The summed E-state index contributed by atoms with van der Waals surface area (Å²) in [5.74, 6) is -2.08. The minimum absolute atomic E-state index is 0.163. The summed E-state index contributed by atoms with van der Waals surface area (Å²) in [6, 6.07) is 12.9. The van der Waals surface area contributed by atoms with Gasteiger partial charge in [0.05, 0.1) is 19.3 Å². The van der Waals surface area contributed by atoms with E-state index in [4.69, 9.17) is 4.74 Å². The molecule has 3 amide bonds. The molecule has 1 saturated heterocycles. The number of piperazine rings is 1. The summed E-state index contributed by atoms with van der Waals surface area (Å²) >= 11 is 0. The van der Waals surface area contributed by atoms with Crippen LogP contribution in [-0.4, -0.2) is 84.1 Å². The van der Waals surface area contributed by atoms with Gasteiger partial charge < -0.3 is 30.3 Å². The molecule has 47 heavy (non-hydrogen) atoms. The molecule has 252 valence electrons. The zero-order valence-electron chi connectivity index (χ0n) is 27.4. The summed E-state index contributed by atoms with van der Waals surface area (Å²) in [6.45, 7) is 8.00. The molecule has 11 heteroatoms. The summed E-state index contributed by atoms with van der Waals surface area (Å²) < 4.78 is 33.5. The van der Waals surface area contributed by atoms with Crippen molar-refractivity contribution in [2.24, 2.45) is 0 Å². The van der Waals surface area contributed by atoms with Gasteiger partial charge in [0, 0.05) is 49.9 Å². The Kier molecular flexibility index (Phi) is 12.4. The van der Waals surface area contributed by atoms with E-state index in [1.807, 2.05) is 26.0 Å². The third kappa shape index (κ3) is 9.36. The fourth-order valence-corrected chi connectivity index (χ4v) is 5.92. The number of nitrogens with one attached hydrogen (secondary N) is 2. The van der Waals surface area contributed by atoms with Crippen molar-refractivity contribution in [2.45, 2.75) is 64.8 Å². The SMILES string of the molecule is CCCN(CCC)C(=O)c1cc(C)cc(C(=O)N[C@@H](Cc2cc(F)cc(F)c2)C(O)[C@@H]2NCCN(Cc3ccc(OC)cc3)C2=O)c1. The zero-order valence-corrected chi connectivity index (χ0v) is 27.4. The molecule has 3 atom stereocenters. The highest BCUT2D eigenvalue weighted by molar-refractivity contribution is 6.00. The van der Waals surface area contributed by atoms with Crippen LogP contribution in [0, 0.1) is 18.6 Å². The van der Waals surface area contributed by atoms with Gasteiger partial charge in [-0.3, -0.25) is 14.4 Å². The molecule has 1 aliphatic rings. The highest BCUT2D eigenvalue weighted by atomic mass is 19.1. The minimum Gasteiger partial charge on any atom is -0.497 e. The summed E-state index contributed by atoms with van der Waals surface area (Å²) in [4.78, 5) is 44.1. The van der Waals surface area contributed by atoms with Gasteiger partial charge in [-0.05, 0) is 85.3 Å². The van der Waals surface area contributed by atoms with Crippen LogP contribution in [0.3, 0.4) is 0 Å². The highest BCUT2D eigenvalue weighted by Crippen LogP contribution is 2.20. The fourth-order valence-electron chi connectivity index (χ4n) is 5.92. The molecule has 0 aliphatic carbocycles. The van der Waals surface area contributed by atoms with Gasteiger partial charge in [0.25, 0.3) is 11.8 Å². The van der Waals surface area contributed by atoms with Crippen molar-refractivity contribution in [3.63, 3.8) is 0 Å². The van der Waals surface area contributed by atoms with Gasteiger partial charge in [-0.2, -0.15) is 0 Å². The van der Waals surface area contributed by atoms with Crippen LogP contribution in [-0.2, 0) is 17.8 Å². The largest absolute Gasteiger partial charge is 0.497 e. The van der Waals surface area contributed by atoms with Crippen molar-refractivity contribution in [3.05, 3.63) is 100 Å². The number of nitrogens with zero attached hydrogens (tertiary/aromatic N) is 2. The first kappa shape index (κ1) is 35.5. The number of methoxy groups -OCH3 is 1. The van der Waals surface area contributed by atoms with Crippen LogP contribution in [0.15, 0.2) is 60.7 Å². The summed E-state index contributed by atoms with van der Waals surface area (Å²) in [5.41, 5.74) is 2.31. The first-order valence-electron chi connectivity index (χ1n) is 16.0. The molecule has 0 radical (unpaired) electrons. The first-order chi connectivity index (χ1) is 22.5. The maximum Gasteiger partial charge on any atom is 0.253 e. The van der Waals surface area contributed by atoms with Gasteiger partial charge in [-0.1, -0.05) is 26.0 Å². The first-order valence-corrected chi connectivity index (χ1v) is 16.0. The van der Waals surface area contributed by atoms with Gasteiger partial charge >= 0.3 is 0 Å². The van der Waals surface area contributed by atoms with Crippen LogP contribution in [0.5, 0.6) is 5.75 Å². The predicted molar refractivity (Wildman–Crippen MR) is 175 cm³/mol. The Hall–Kier alpha value is -4.35. The Bertz CT molecular complexity index is 1520. The van der Waals surface area contributed by atoms with E-state index in [9.17, 15) is 28.3 Å². The molecule has 1 heterocycles. The molecular weight excluding hydrogens is 606 g/mol.